The van der Waals surface area contributed by atoms with Crippen LogP contribution in [0.2, 0.25) is 0 Å². The van der Waals surface area contributed by atoms with Gasteiger partial charge in [-0.1, -0.05) is 36.9 Å². The average Bonchev–Trinajstić information content (AvgIpc) is 2.89. The highest BCUT2D eigenvalue weighted by atomic mass is 16.5. The number of carboxylic acid groups (broad SMARTS) is 1. The van der Waals surface area contributed by atoms with Crippen molar-refractivity contribution in [3.05, 3.63) is 65.8 Å². The monoisotopic (exact) mass is 328 g/mol. The molecule has 6 nitrogen and oxygen atoms in total. The number of rotatable bonds is 7. The molecule has 0 saturated carbocycles. The summed E-state index contributed by atoms with van der Waals surface area (Å²) in [5.41, 5.74) is 1.30. The lowest BCUT2D eigenvalue weighted by atomic mass is 9.97. The standard InChI is InChI=1S/C18H20N2O4/c1-4-24-18(23)12(2)16(17(21)22)15-10-19-13(3)20(15)11-14-8-6-5-7-9-14/h5-10,16H,2,4,11H2,1,3H3,(H,21,22). The van der Waals surface area contributed by atoms with E-state index in [1.54, 1.807) is 18.4 Å². The van der Waals surface area contributed by atoms with E-state index in [-0.39, 0.29) is 12.2 Å². The van der Waals surface area contributed by atoms with Crippen molar-refractivity contribution in [2.24, 2.45) is 0 Å². The number of hydrogen-bond acceptors (Lipinski definition) is 4. The van der Waals surface area contributed by atoms with Crippen LogP contribution in [0.5, 0.6) is 0 Å². The largest absolute Gasteiger partial charge is 0.480 e. The molecule has 2 rings (SSSR count). The molecule has 0 radical (unpaired) electrons. The number of hydrogen-bond donors (Lipinski definition) is 1. The number of aromatic nitrogens is 2. The molecule has 1 heterocycles. The second-order valence-electron chi connectivity index (χ2n) is 5.32. The van der Waals surface area contributed by atoms with Gasteiger partial charge in [-0.15, -0.1) is 0 Å². The van der Waals surface area contributed by atoms with Crippen LogP contribution < -0.4 is 0 Å². The predicted octanol–water partition coefficient (Wildman–Crippen LogP) is 2.53. The molecule has 0 amide bonds. The average molecular weight is 328 g/mol. The third-order valence-electron chi connectivity index (χ3n) is 3.70. The van der Waals surface area contributed by atoms with E-state index >= 15 is 0 Å². The van der Waals surface area contributed by atoms with Crippen LogP contribution in [0.3, 0.4) is 0 Å². The molecule has 0 aliphatic heterocycles. The van der Waals surface area contributed by atoms with Gasteiger partial charge in [0.05, 0.1) is 17.9 Å². The highest BCUT2D eigenvalue weighted by molar-refractivity contribution is 5.97. The van der Waals surface area contributed by atoms with Crippen LogP contribution in [0.4, 0.5) is 0 Å². The summed E-state index contributed by atoms with van der Waals surface area (Å²) < 4.78 is 6.67. The summed E-state index contributed by atoms with van der Waals surface area (Å²) in [7, 11) is 0. The Hall–Kier alpha value is -2.89. The molecular formula is C18H20N2O4. The topological polar surface area (TPSA) is 81.4 Å². The summed E-state index contributed by atoms with van der Waals surface area (Å²) in [6.45, 7) is 7.70. The van der Waals surface area contributed by atoms with Crippen LogP contribution in [0.25, 0.3) is 0 Å². The molecule has 126 valence electrons. The maximum atomic E-state index is 11.9. The highest BCUT2D eigenvalue weighted by Gasteiger charge is 2.32. The van der Waals surface area contributed by atoms with E-state index in [9.17, 15) is 14.7 Å². The van der Waals surface area contributed by atoms with Crippen LogP contribution in [-0.4, -0.2) is 33.2 Å². The van der Waals surface area contributed by atoms with Gasteiger partial charge < -0.3 is 14.4 Å². The van der Waals surface area contributed by atoms with E-state index < -0.39 is 17.9 Å². The van der Waals surface area contributed by atoms with Gasteiger partial charge in [-0.05, 0) is 19.4 Å². The second-order valence-corrected chi connectivity index (χ2v) is 5.32. The number of carboxylic acids is 1. The zero-order chi connectivity index (χ0) is 17.7. The van der Waals surface area contributed by atoms with Gasteiger partial charge in [-0.3, -0.25) is 4.79 Å². The lowest BCUT2D eigenvalue weighted by Gasteiger charge is -2.17. The summed E-state index contributed by atoms with van der Waals surface area (Å²) >= 11 is 0. The van der Waals surface area contributed by atoms with Gasteiger partial charge in [0.25, 0.3) is 0 Å². The number of esters is 1. The molecule has 1 N–H and O–H groups in total. The molecular weight excluding hydrogens is 308 g/mol. The maximum Gasteiger partial charge on any atom is 0.334 e. The molecule has 2 aromatic rings. The van der Waals surface area contributed by atoms with Crippen molar-refractivity contribution in [1.29, 1.82) is 0 Å². The molecule has 0 spiro atoms. The molecule has 0 bridgehead atoms. The van der Waals surface area contributed by atoms with Gasteiger partial charge in [0, 0.05) is 12.7 Å². The van der Waals surface area contributed by atoms with Crippen molar-refractivity contribution in [2.45, 2.75) is 26.3 Å². The lowest BCUT2D eigenvalue weighted by molar-refractivity contribution is -0.143. The van der Waals surface area contributed by atoms with Crippen molar-refractivity contribution in [1.82, 2.24) is 9.55 Å². The Balaban J connectivity index is 2.40. The summed E-state index contributed by atoms with van der Waals surface area (Å²) in [5, 5.41) is 9.60. The number of carbonyl (C=O) groups is 2. The van der Waals surface area contributed by atoms with Gasteiger partial charge in [-0.25, -0.2) is 9.78 Å². The first kappa shape index (κ1) is 17.5. The smallest absolute Gasteiger partial charge is 0.334 e. The molecule has 0 aliphatic carbocycles. The Labute approximate surface area is 140 Å². The van der Waals surface area contributed by atoms with Crippen molar-refractivity contribution >= 4 is 11.9 Å². The van der Waals surface area contributed by atoms with Crippen molar-refractivity contribution in [3.8, 4) is 0 Å². The fourth-order valence-corrected chi connectivity index (χ4v) is 2.48. The van der Waals surface area contributed by atoms with Crippen LogP contribution in [-0.2, 0) is 20.9 Å². The first-order valence-corrected chi connectivity index (χ1v) is 7.60. The Bertz CT molecular complexity index is 750. The molecule has 1 aromatic carbocycles. The molecule has 1 unspecified atom stereocenters. The van der Waals surface area contributed by atoms with Gasteiger partial charge in [-0.2, -0.15) is 0 Å². The summed E-state index contributed by atoms with van der Waals surface area (Å²) in [5.74, 6) is -2.41. The Morgan fingerprint density at radius 1 is 1.33 bits per heavy atom. The number of carbonyl (C=O) groups excluding carboxylic acids is 1. The molecule has 0 saturated heterocycles. The fraction of sp³-hybridized carbons (Fsp3) is 0.278. The van der Waals surface area contributed by atoms with Crippen molar-refractivity contribution in [2.75, 3.05) is 6.61 Å². The molecule has 1 aromatic heterocycles. The van der Waals surface area contributed by atoms with E-state index in [1.165, 1.54) is 6.20 Å². The Morgan fingerprint density at radius 2 is 2.00 bits per heavy atom. The number of aliphatic carboxylic acids is 1. The molecule has 0 fully saturated rings. The number of imidazole rings is 1. The fourth-order valence-electron chi connectivity index (χ4n) is 2.48. The van der Waals surface area contributed by atoms with Crippen LogP contribution in [0.15, 0.2) is 48.7 Å². The number of nitrogens with zero attached hydrogens (tertiary/aromatic N) is 2. The highest BCUT2D eigenvalue weighted by Crippen LogP contribution is 2.26. The van der Waals surface area contributed by atoms with E-state index in [4.69, 9.17) is 4.74 Å². The molecule has 0 aliphatic rings. The van der Waals surface area contributed by atoms with E-state index in [0.29, 0.717) is 18.1 Å². The number of benzene rings is 1. The Morgan fingerprint density at radius 3 is 2.58 bits per heavy atom. The predicted molar refractivity (Wildman–Crippen MR) is 88.7 cm³/mol. The summed E-state index contributed by atoms with van der Waals surface area (Å²) in [6, 6.07) is 9.62. The quantitative estimate of drug-likeness (QED) is 0.624. The zero-order valence-electron chi connectivity index (χ0n) is 13.7. The van der Waals surface area contributed by atoms with Crippen LogP contribution in [0, 0.1) is 6.92 Å². The summed E-state index contributed by atoms with van der Waals surface area (Å²) in [6.07, 6.45) is 1.47. The SMILES string of the molecule is C=C(C(=O)OCC)C(C(=O)O)c1cnc(C)n1Cc1ccccc1. The van der Waals surface area contributed by atoms with Crippen LogP contribution in [0.1, 0.15) is 29.9 Å². The molecule has 24 heavy (non-hydrogen) atoms. The minimum Gasteiger partial charge on any atom is -0.480 e. The third kappa shape index (κ3) is 3.71. The molecule has 1 atom stereocenters. The molecule has 6 heteroatoms. The number of aryl methyl sites for hydroxylation is 1. The maximum absolute atomic E-state index is 11.9. The lowest BCUT2D eigenvalue weighted by Crippen LogP contribution is -2.23. The van der Waals surface area contributed by atoms with E-state index in [0.717, 1.165) is 5.56 Å². The first-order chi connectivity index (χ1) is 11.5. The Kier molecular flexibility index (Phi) is 5.52. The second kappa shape index (κ2) is 7.59. The van der Waals surface area contributed by atoms with Crippen molar-refractivity contribution in [3.63, 3.8) is 0 Å². The third-order valence-corrected chi connectivity index (χ3v) is 3.70. The zero-order valence-corrected chi connectivity index (χ0v) is 13.7. The summed E-state index contributed by atoms with van der Waals surface area (Å²) in [4.78, 5) is 27.9. The van der Waals surface area contributed by atoms with Gasteiger partial charge >= 0.3 is 11.9 Å². The van der Waals surface area contributed by atoms with Gasteiger partial charge in [0.1, 0.15) is 11.7 Å². The van der Waals surface area contributed by atoms with Gasteiger partial charge in [0.2, 0.25) is 0 Å². The minimum absolute atomic E-state index is 0.112. The number of ether oxygens (including phenoxy) is 1. The van der Waals surface area contributed by atoms with Crippen molar-refractivity contribution < 1.29 is 19.4 Å². The normalized spacial score (nSPS) is 11.8. The van der Waals surface area contributed by atoms with Gasteiger partial charge in [0.15, 0.2) is 0 Å². The minimum atomic E-state index is -1.20. The van der Waals surface area contributed by atoms with E-state index in [1.807, 2.05) is 30.3 Å². The van der Waals surface area contributed by atoms with Crippen LogP contribution >= 0.6 is 0 Å². The van der Waals surface area contributed by atoms with E-state index in [2.05, 4.69) is 11.6 Å². The first-order valence-electron chi connectivity index (χ1n) is 7.60.